The first kappa shape index (κ1) is 26.2. The smallest absolute Gasteiger partial charge is 0.256 e. The zero-order valence-electron chi connectivity index (χ0n) is 21.4. The van der Waals surface area contributed by atoms with Crippen molar-refractivity contribution in [2.75, 3.05) is 6.54 Å². The number of ether oxygens (including phenoxy) is 1. The van der Waals surface area contributed by atoms with Gasteiger partial charge in [0, 0.05) is 37.0 Å². The molecule has 2 aromatic rings. The average Bonchev–Trinajstić information content (AvgIpc) is 2.80. The monoisotopic (exact) mass is 496 g/mol. The number of nitrogens with one attached hydrogen (secondary N) is 2. The van der Waals surface area contributed by atoms with E-state index in [1.54, 1.807) is 6.08 Å². The first-order chi connectivity index (χ1) is 17.1. The Balaban J connectivity index is 1.48. The quantitative estimate of drug-likeness (QED) is 0.354. The molecule has 3 heterocycles. The van der Waals surface area contributed by atoms with Crippen LogP contribution in [0.25, 0.3) is 0 Å². The van der Waals surface area contributed by atoms with Crippen LogP contribution >= 0.6 is 0 Å². The molecule has 4 rings (SSSR count). The van der Waals surface area contributed by atoms with E-state index in [1.165, 1.54) is 18.3 Å². The van der Waals surface area contributed by atoms with Crippen LogP contribution in [0.5, 0.6) is 5.88 Å². The molecule has 0 unspecified atom stereocenters. The lowest BCUT2D eigenvalue weighted by Gasteiger charge is -2.47. The second-order valence-electron chi connectivity index (χ2n) is 11.3. The minimum absolute atomic E-state index is 0.0352. The number of aliphatic hydroxyl groups is 1. The molecular formula is C28H37FN4O3. The van der Waals surface area contributed by atoms with Gasteiger partial charge in [0.1, 0.15) is 5.60 Å². The molecule has 3 N–H and O–H groups in total. The van der Waals surface area contributed by atoms with Crippen LogP contribution < -0.4 is 15.4 Å². The summed E-state index contributed by atoms with van der Waals surface area (Å²) in [5.74, 6) is -0.802. The molecule has 7 nitrogen and oxygen atoms in total. The molecule has 2 aliphatic rings. The number of carbonyl (C=O) groups is 1. The third-order valence-electron chi connectivity index (χ3n) is 6.98. The lowest BCUT2D eigenvalue weighted by molar-refractivity contribution is -0.0420. The molecule has 8 heteroatoms. The van der Waals surface area contributed by atoms with E-state index in [-0.39, 0.29) is 29.2 Å². The molecule has 1 spiro atoms. The highest BCUT2D eigenvalue weighted by atomic mass is 19.1. The highest BCUT2D eigenvalue weighted by Gasteiger charge is 2.46. The van der Waals surface area contributed by atoms with Crippen LogP contribution in [0.4, 0.5) is 4.39 Å². The van der Waals surface area contributed by atoms with Crippen LogP contribution in [0.2, 0.25) is 0 Å². The van der Waals surface area contributed by atoms with Gasteiger partial charge in [-0.05, 0) is 61.3 Å². The van der Waals surface area contributed by atoms with Crippen molar-refractivity contribution >= 4 is 5.91 Å². The summed E-state index contributed by atoms with van der Waals surface area (Å²) < 4.78 is 20.3. The third-order valence-corrected chi connectivity index (χ3v) is 6.98. The summed E-state index contributed by atoms with van der Waals surface area (Å²) >= 11 is 0. The fourth-order valence-electron chi connectivity index (χ4n) is 5.05. The first-order valence-electron chi connectivity index (χ1n) is 12.7. The van der Waals surface area contributed by atoms with E-state index in [9.17, 15) is 14.3 Å². The third kappa shape index (κ3) is 6.10. The highest BCUT2D eigenvalue weighted by molar-refractivity contribution is 5.94. The fourth-order valence-corrected chi connectivity index (χ4v) is 5.05. The van der Waals surface area contributed by atoms with Gasteiger partial charge in [0.15, 0.2) is 0 Å². The Morgan fingerprint density at radius 2 is 2.17 bits per heavy atom. The lowest BCUT2D eigenvalue weighted by atomic mass is 9.73. The summed E-state index contributed by atoms with van der Waals surface area (Å²) in [6, 6.07) is 4.36. The predicted molar refractivity (Wildman–Crippen MR) is 136 cm³/mol. The molecule has 0 aromatic carbocycles. The van der Waals surface area contributed by atoms with Gasteiger partial charge in [-0.2, -0.15) is 4.39 Å². The number of fused-ring (bicyclic) bond motifs is 1. The second kappa shape index (κ2) is 10.6. The zero-order valence-corrected chi connectivity index (χ0v) is 21.4. The summed E-state index contributed by atoms with van der Waals surface area (Å²) in [6.45, 7) is 10.6. The Morgan fingerprint density at radius 3 is 2.81 bits per heavy atom. The molecule has 1 saturated carbocycles. The van der Waals surface area contributed by atoms with Crippen molar-refractivity contribution in [2.45, 2.75) is 83.1 Å². The van der Waals surface area contributed by atoms with E-state index in [0.29, 0.717) is 12.3 Å². The van der Waals surface area contributed by atoms with E-state index in [4.69, 9.17) is 4.74 Å². The summed E-state index contributed by atoms with van der Waals surface area (Å²) in [4.78, 5) is 20.8. The van der Waals surface area contributed by atoms with E-state index >= 15 is 0 Å². The maximum atomic E-state index is 14.0. The number of amides is 1. The van der Waals surface area contributed by atoms with Gasteiger partial charge < -0.3 is 20.5 Å². The van der Waals surface area contributed by atoms with Crippen molar-refractivity contribution in [3.8, 4) is 5.88 Å². The van der Waals surface area contributed by atoms with Gasteiger partial charge >= 0.3 is 0 Å². The molecular weight excluding hydrogens is 459 g/mol. The number of carbonyl (C=O) groups excluding carboxylic acids is 1. The molecule has 194 valence electrons. The van der Waals surface area contributed by atoms with Crippen molar-refractivity contribution in [2.24, 2.45) is 5.41 Å². The van der Waals surface area contributed by atoms with Crippen molar-refractivity contribution in [3.63, 3.8) is 0 Å². The standard InChI is InChI=1S/C28H37FN4O3/c1-5-8-21(33-25(35)19-9-6-12-30-24(19)29)23(34)17-31-22-15-28(10-7-11-28)36-26-20(22)13-18(16-32-26)14-27(2,3)4/h5-6,9,12-13,16,21-23,31,34H,1,7-8,10-11,14-15,17H2,2-4H3,(H,33,35)/t21-,22-,23+/m0/s1. The van der Waals surface area contributed by atoms with E-state index in [0.717, 1.165) is 43.2 Å². The molecule has 2 aromatic heterocycles. The van der Waals surface area contributed by atoms with Crippen LogP contribution in [0, 0.1) is 11.4 Å². The Kier molecular flexibility index (Phi) is 7.76. The van der Waals surface area contributed by atoms with Gasteiger partial charge in [-0.3, -0.25) is 4.79 Å². The summed E-state index contributed by atoms with van der Waals surface area (Å²) in [7, 11) is 0. The predicted octanol–water partition coefficient (Wildman–Crippen LogP) is 4.28. The molecule has 36 heavy (non-hydrogen) atoms. The molecule has 0 saturated heterocycles. The number of pyridine rings is 2. The number of halogens is 1. The SMILES string of the molecule is C=CC[C@H](NC(=O)c1cccnc1F)[C@H](O)CN[C@H]1CC2(CCC2)Oc2ncc(CC(C)(C)C)cc21. The molecule has 0 radical (unpaired) electrons. The topological polar surface area (TPSA) is 96.4 Å². The van der Waals surface area contributed by atoms with Gasteiger partial charge in [0.2, 0.25) is 11.8 Å². The van der Waals surface area contributed by atoms with E-state index in [2.05, 4.69) is 54.0 Å². The van der Waals surface area contributed by atoms with Gasteiger partial charge in [-0.1, -0.05) is 26.8 Å². The first-order valence-corrected chi connectivity index (χ1v) is 12.7. The number of hydrogen-bond acceptors (Lipinski definition) is 6. The Hall–Kier alpha value is -2.84. The maximum Gasteiger partial charge on any atom is 0.256 e. The number of rotatable bonds is 9. The Bertz CT molecular complexity index is 1100. The normalized spacial score (nSPS) is 20.0. The van der Waals surface area contributed by atoms with Crippen LogP contribution in [-0.2, 0) is 6.42 Å². The minimum Gasteiger partial charge on any atom is -0.471 e. The highest BCUT2D eigenvalue weighted by Crippen LogP contribution is 2.48. The number of hydrogen-bond donors (Lipinski definition) is 3. The van der Waals surface area contributed by atoms with Crippen LogP contribution in [0.3, 0.4) is 0 Å². The Labute approximate surface area is 212 Å². The molecule has 1 aliphatic heterocycles. The van der Waals surface area contributed by atoms with Crippen molar-refractivity contribution in [1.29, 1.82) is 0 Å². The fraction of sp³-hybridized carbons (Fsp3) is 0.536. The minimum atomic E-state index is -0.916. The largest absolute Gasteiger partial charge is 0.471 e. The molecule has 1 fully saturated rings. The van der Waals surface area contributed by atoms with Crippen molar-refractivity contribution < 1.29 is 19.0 Å². The van der Waals surface area contributed by atoms with Crippen LogP contribution in [0.1, 0.15) is 80.4 Å². The zero-order chi connectivity index (χ0) is 25.9. The lowest BCUT2D eigenvalue weighted by Crippen LogP contribution is -2.52. The van der Waals surface area contributed by atoms with Crippen LogP contribution in [0.15, 0.2) is 43.2 Å². The maximum absolute atomic E-state index is 14.0. The Morgan fingerprint density at radius 1 is 1.39 bits per heavy atom. The molecule has 3 atom stereocenters. The van der Waals surface area contributed by atoms with Gasteiger partial charge in [-0.15, -0.1) is 6.58 Å². The summed E-state index contributed by atoms with van der Waals surface area (Å²) in [5, 5.41) is 17.3. The van der Waals surface area contributed by atoms with Gasteiger partial charge in [0.05, 0.1) is 17.7 Å². The second-order valence-corrected chi connectivity index (χ2v) is 11.3. The molecule has 1 amide bonds. The van der Waals surface area contributed by atoms with Crippen LogP contribution in [-0.4, -0.2) is 45.3 Å². The number of nitrogens with zero attached hydrogens (tertiary/aromatic N) is 2. The van der Waals surface area contributed by atoms with Gasteiger partial charge in [-0.25, -0.2) is 9.97 Å². The number of aromatic nitrogens is 2. The summed E-state index contributed by atoms with van der Waals surface area (Å²) in [5.41, 5.74) is 1.92. The molecule has 0 bridgehead atoms. The van der Waals surface area contributed by atoms with Crippen molar-refractivity contribution in [1.82, 2.24) is 20.6 Å². The van der Waals surface area contributed by atoms with E-state index in [1.807, 2.05) is 6.20 Å². The van der Waals surface area contributed by atoms with E-state index < -0.39 is 24.0 Å². The average molecular weight is 497 g/mol. The molecule has 1 aliphatic carbocycles. The summed E-state index contributed by atoms with van der Waals surface area (Å²) in [6.07, 6.45) is 9.04. The number of aliphatic hydroxyl groups excluding tert-OH is 1. The van der Waals surface area contributed by atoms with Crippen molar-refractivity contribution in [3.05, 3.63) is 65.9 Å². The van der Waals surface area contributed by atoms with Gasteiger partial charge in [0.25, 0.3) is 5.91 Å².